The van der Waals surface area contributed by atoms with Crippen LogP contribution in [0.25, 0.3) is 0 Å². The largest absolute Gasteiger partial charge is 0.359 e. The minimum Gasteiger partial charge on any atom is -0.359 e. The molecule has 3 rings (SSSR count). The van der Waals surface area contributed by atoms with Gasteiger partial charge in [0, 0.05) is 13.6 Å². The number of anilines is 1. The lowest BCUT2D eigenvalue weighted by Gasteiger charge is -2.27. The highest BCUT2D eigenvalue weighted by Crippen LogP contribution is 2.48. The number of fused-ring (bicyclic) bond motifs is 2. The van der Waals surface area contributed by atoms with Gasteiger partial charge >= 0.3 is 0 Å². The molecule has 0 aromatic carbocycles. The summed E-state index contributed by atoms with van der Waals surface area (Å²) in [6.45, 7) is 1.13. The van der Waals surface area contributed by atoms with Crippen molar-refractivity contribution >= 4 is 17.4 Å². The molecule has 0 saturated heterocycles. The summed E-state index contributed by atoms with van der Waals surface area (Å²) in [4.78, 5) is 6.63. The Hall–Kier alpha value is -0.760. The number of rotatable bonds is 3. The molecule has 2 aliphatic carbocycles. The number of hydrogen-bond acceptors (Lipinski definition) is 2. The molecule has 2 saturated carbocycles. The Labute approximate surface area is 108 Å². The first-order chi connectivity index (χ1) is 8.22. The molecule has 0 spiro atoms. The van der Waals surface area contributed by atoms with E-state index in [-0.39, 0.29) is 0 Å². The highest BCUT2D eigenvalue weighted by Gasteiger charge is 2.39. The third kappa shape index (κ3) is 2.28. The van der Waals surface area contributed by atoms with Crippen LogP contribution in [0.3, 0.4) is 0 Å². The summed E-state index contributed by atoms with van der Waals surface area (Å²) >= 11 is 5.93. The van der Waals surface area contributed by atoms with E-state index >= 15 is 0 Å². The Bertz CT molecular complexity index is 407. The van der Waals surface area contributed by atoms with Crippen molar-refractivity contribution in [1.29, 1.82) is 0 Å². The molecule has 0 aliphatic heterocycles. The first kappa shape index (κ1) is 11.3. The Morgan fingerprint density at radius 1 is 1.35 bits per heavy atom. The second-order valence-corrected chi connectivity index (χ2v) is 6.02. The standard InChI is InChI=1S/C14H19ClN2/c1-17(14-4-2-3-13(15)16-14)9-12-8-10-5-6-11(12)7-10/h2-4,10-12H,5-9H2,1H3. The highest BCUT2D eigenvalue weighted by molar-refractivity contribution is 6.29. The smallest absolute Gasteiger partial charge is 0.131 e. The van der Waals surface area contributed by atoms with E-state index in [0.717, 1.165) is 30.1 Å². The fourth-order valence-electron chi connectivity index (χ4n) is 3.66. The summed E-state index contributed by atoms with van der Waals surface area (Å²) in [7, 11) is 2.13. The van der Waals surface area contributed by atoms with Crippen LogP contribution in [0.1, 0.15) is 25.7 Å². The van der Waals surface area contributed by atoms with Crippen molar-refractivity contribution in [2.24, 2.45) is 17.8 Å². The lowest BCUT2D eigenvalue weighted by Crippen LogP contribution is -2.29. The van der Waals surface area contributed by atoms with E-state index in [1.807, 2.05) is 18.2 Å². The molecule has 0 radical (unpaired) electrons. The SMILES string of the molecule is CN(CC1CC2CCC1C2)c1cccc(Cl)n1. The van der Waals surface area contributed by atoms with Crippen LogP contribution < -0.4 is 4.90 Å². The van der Waals surface area contributed by atoms with Gasteiger partial charge < -0.3 is 4.90 Å². The van der Waals surface area contributed by atoms with Crippen molar-refractivity contribution in [3.63, 3.8) is 0 Å². The summed E-state index contributed by atoms with van der Waals surface area (Å²) in [5, 5.41) is 0.585. The van der Waals surface area contributed by atoms with Gasteiger partial charge in [0.1, 0.15) is 11.0 Å². The molecule has 2 fully saturated rings. The first-order valence-electron chi connectivity index (χ1n) is 6.56. The zero-order chi connectivity index (χ0) is 11.8. The molecule has 3 unspecified atom stereocenters. The molecule has 2 nitrogen and oxygen atoms in total. The van der Waals surface area contributed by atoms with E-state index in [4.69, 9.17) is 11.6 Å². The highest BCUT2D eigenvalue weighted by atomic mass is 35.5. The summed E-state index contributed by atoms with van der Waals surface area (Å²) in [6, 6.07) is 5.84. The Balaban J connectivity index is 1.65. The van der Waals surface area contributed by atoms with Crippen LogP contribution in [0.2, 0.25) is 5.15 Å². The van der Waals surface area contributed by atoms with E-state index in [0.29, 0.717) is 5.15 Å². The molecule has 17 heavy (non-hydrogen) atoms. The normalized spacial score (nSPS) is 30.8. The van der Waals surface area contributed by atoms with E-state index in [9.17, 15) is 0 Å². The van der Waals surface area contributed by atoms with Crippen molar-refractivity contribution in [3.05, 3.63) is 23.4 Å². The number of halogens is 1. The summed E-state index contributed by atoms with van der Waals surface area (Å²) in [6.07, 6.45) is 5.82. The van der Waals surface area contributed by atoms with Crippen molar-refractivity contribution in [1.82, 2.24) is 4.98 Å². The summed E-state index contributed by atoms with van der Waals surface area (Å²) in [5.74, 6) is 3.87. The fourth-order valence-corrected chi connectivity index (χ4v) is 3.81. The minimum absolute atomic E-state index is 0.585. The molecule has 0 N–H and O–H groups in total. The predicted octanol–water partition coefficient (Wildman–Crippen LogP) is 3.61. The van der Waals surface area contributed by atoms with Crippen molar-refractivity contribution in [2.75, 3.05) is 18.5 Å². The number of aromatic nitrogens is 1. The zero-order valence-corrected chi connectivity index (χ0v) is 11.0. The second-order valence-electron chi connectivity index (χ2n) is 5.63. The maximum Gasteiger partial charge on any atom is 0.131 e. The van der Waals surface area contributed by atoms with E-state index < -0.39 is 0 Å². The van der Waals surface area contributed by atoms with Gasteiger partial charge in [0.05, 0.1) is 0 Å². The average molecular weight is 251 g/mol. The van der Waals surface area contributed by atoms with E-state index in [1.54, 1.807) is 0 Å². The lowest BCUT2D eigenvalue weighted by atomic mass is 9.88. The molecule has 0 amide bonds. The number of pyridine rings is 1. The van der Waals surface area contributed by atoms with Gasteiger partial charge in [-0.1, -0.05) is 24.1 Å². The molecule has 1 aromatic heterocycles. The van der Waals surface area contributed by atoms with Crippen LogP contribution in [0.15, 0.2) is 18.2 Å². The number of nitrogens with zero attached hydrogens (tertiary/aromatic N) is 2. The Morgan fingerprint density at radius 3 is 2.88 bits per heavy atom. The monoisotopic (exact) mass is 250 g/mol. The van der Waals surface area contributed by atoms with Crippen LogP contribution in [0.5, 0.6) is 0 Å². The molecule has 1 heterocycles. The van der Waals surface area contributed by atoms with Gasteiger partial charge in [-0.25, -0.2) is 4.98 Å². The van der Waals surface area contributed by atoms with Gasteiger partial charge in [-0.2, -0.15) is 0 Å². The molecule has 3 heteroatoms. The Kier molecular flexibility index (Phi) is 2.99. The molecule has 2 aliphatic rings. The van der Waals surface area contributed by atoms with Crippen LogP contribution in [0.4, 0.5) is 5.82 Å². The summed E-state index contributed by atoms with van der Waals surface area (Å²) < 4.78 is 0. The quantitative estimate of drug-likeness (QED) is 0.762. The first-order valence-corrected chi connectivity index (χ1v) is 6.94. The molecule has 2 bridgehead atoms. The van der Waals surface area contributed by atoms with Gasteiger partial charge in [-0.15, -0.1) is 0 Å². The van der Waals surface area contributed by atoms with Gasteiger partial charge in [0.25, 0.3) is 0 Å². The average Bonchev–Trinajstić information content (AvgIpc) is 2.91. The Morgan fingerprint density at radius 2 is 2.24 bits per heavy atom. The van der Waals surface area contributed by atoms with Crippen LogP contribution in [0, 0.1) is 17.8 Å². The number of hydrogen-bond donors (Lipinski definition) is 0. The van der Waals surface area contributed by atoms with Crippen LogP contribution >= 0.6 is 11.6 Å². The topological polar surface area (TPSA) is 16.1 Å². The minimum atomic E-state index is 0.585. The predicted molar refractivity (Wildman–Crippen MR) is 71.5 cm³/mol. The summed E-state index contributed by atoms with van der Waals surface area (Å²) in [5.41, 5.74) is 0. The molecule has 1 aromatic rings. The third-order valence-corrected chi connectivity index (χ3v) is 4.69. The van der Waals surface area contributed by atoms with Gasteiger partial charge in [-0.05, 0) is 49.1 Å². The van der Waals surface area contributed by atoms with E-state index in [2.05, 4.69) is 16.9 Å². The van der Waals surface area contributed by atoms with Gasteiger partial charge in [0.2, 0.25) is 0 Å². The molecule has 92 valence electrons. The zero-order valence-electron chi connectivity index (χ0n) is 10.3. The molecular formula is C14H19ClN2. The fraction of sp³-hybridized carbons (Fsp3) is 0.643. The van der Waals surface area contributed by atoms with E-state index in [1.165, 1.54) is 25.7 Å². The van der Waals surface area contributed by atoms with Gasteiger partial charge in [-0.3, -0.25) is 0 Å². The lowest BCUT2D eigenvalue weighted by molar-refractivity contribution is 0.337. The maximum absolute atomic E-state index is 5.93. The van der Waals surface area contributed by atoms with Crippen molar-refractivity contribution in [2.45, 2.75) is 25.7 Å². The van der Waals surface area contributed by atoms with Gasteiger partial charge in [0.15, 0.2) is 0 Å². The van der Waals surface area contributed by atoms with Crippen molar-refractivity contribution < 1.29 is 0 Å². The van der Waals surface area contributed by atoms with Crippen LogP contribution in [-0.4, -0.2) is 18.6 Å². The van der Waals surface area contributed by atoms with Crippen LogP contribution in [-0.2, 0) is 0 Å². The maximum atomic E-state index is 5.93. The molecule has 3 atom stereocenters. The molecular weight excluding hydrogens is 232 g/mol. The van der Waals surface area contributed by atoms with Crippen molar-refractivity contribution in [3.8, 4) is 0 Å². The third-order valence-electron chi connectivity index (χ3n) is 4.48. The second kappa shape index (κ2) is 4.49.